The molecule has 0 fully saturated rings. The molecule has 1 N–H and O–H groups in total. The lowest BCUT2D eigenvalue weighted by atomic mass is 10.1. The van der Waals surface area contributed by atoms with E-state index < -0.39 is 11.9 Å². The Hall–Kier alpha value is -3.15. The van der Waals surface area contributed by atoms with Crippen LogP contribution in [0.3, 0.4) is 0 Å². The van der Waals surface area contributed by atoms with Crippen molar-refractivity contribution in [3.8, 4) is 0 Å². The van der Waals surface area contributed by atoms with Gasteiger partial charge in [-0.1, -0.05) is 38.1 Å². The number of rotatable bonds is 7. The number of hydrogen-bond acceptors (Lipinski definition) is 3. The minimum absolute atomic E-state index is 0.127. The summed E-state index contributed by atoms with van der Waals surface area (Å²) in [6, 6.07) is 15.6. The van der Waals surface area contributed by atoms with E-state index in [0.29, 0.717) is 17.7 Å². The first-order valence-electron chi connectivity index (χ1n) is 8.74. The summed E-state index contributed by atoms with van der Waals surface area (Å²) in [5, 5.41) is 9.08. The molecule has 0 unspecified atom stereocenters. The number of nitrogens with zero attached hydrogens (tertiary/aromatic N) is 2. The number of carboxylic acid groups (broad SMARTS) is 1. The molecule has 6 nitrogen and oxygen atoms in total. The van der Waals surface area contributed by atoms with Gasteiger partial charge in [0.25, 0.3) is 11.8 Å². The van der Waals surface area contributed by atoms with Crippen molar-refractivity contribution >= 4 is 23.5 Å². The minimum atomic E-state index is -1.07. The Bertz CT molecular complexity index is 818. The molecule has 0 aliphatic rings. The van der Waals surface area contributed by atoms with Gasteiger partial charge in [-0.25, -0.2) is 0 Å². The van der Waals surface area contributed by atoms with Crippen LogP contribution in [0.25, 0.3) is 0 Å². The third kappa shape index (κ3) is 5.41. The first-order valence-corrected chi connectivity index (χ1v) is 8.74. The molecule has 2 rings (SSSR count). The van der Waals surface area contributed by atoms with Crippen LogP contribution in [0.2, 0.25) is 0 Å². The number of aliphatic carboxylic acids is 1. The van der Waals surface area contributed by atoms with E-state index in [-0.39, 0.29) is 18.4 Å². The minimum Gasteiger partial charge on any atom is -0.480 e. The quantitative estimate of drug-likeness (QED) is 0.814. The summed E-state index contributed by atoms with van der Waals surface area (Å²) in [5.74, 6) is -1.59. The summed E-state index contributed by atoms with van der Waals surface area (Å²) in [4.78, 5) is 39.4. The van der Waals surface area contributed by atoms with E-state index in [4.69, 9.17) is 5.11 Å². The molecule has 0 radical (unpaired) electrons. The van der Waals surface area contributed by atoms with E-state index in [1.807, 2.05) is 44.2 Å². The van der Waals surface area contributed by atoms with Gasteiger partial charge in [-0.15, -0.1) is 0 Å². The van der Waals surface area contributed by atoms with Crippen molar-refractivity contribution in [1.29, 1.82) is 0 Å². The number of carboxylic acids is 1. The van der Waals surface area contributed by atoms with Gasteiger partial charge in [-0.3, -0.25) is 14.4 Å². The SMILES string of the molecule is CC(C)CN(CC(=O)O)C(=O)c1cccc(C(=O)N(C)c2ccccc2)c1. The van der Waals surface area contributed by atoms with Crippen molar-refractivity contribution < 1.29 is 19.5 Å². The molecule has 2 aromatic rings. The number of amides is 2. The van der Waals surface area contributed by atoms with E-state index >= 15 is 0 Å². The third-order valence-corrected chi connectivity index (χ3v) is 4.00. The van der Waals surface area contributed by atoms with Crippen LogP contribution in [-0.2, 0) is 4.79 Å². The van der Waals surface area contributed by atoms with Crippen LogP contribution in [-0.4, -0.2) is 47.9 Å². The first-order chi connectivity index (χ1) is 12.8. The second-order valence-corrected chi connectivity index (χ2v) is 6.75. The highest BCUT2D eigenvalue weighted by molar-refractivity contribution is 6.07. The van der Waals surface area contributed by atoms with E-state index in [9.17, 15) is 14.4 Å². The Labute approximate surface area is 159 Å². The molecule has 0 aliphatic heterocycles. The molecule has 2 amide bonds. The van der Waals surface area contributed by atoms with Crippen molar-refractivity contribution in [2.45, 2.75) is 13.8 Å². The van der Waals surface area contributed by atoms with Gasteiger partial charge < -0.3 is 14.9 Å². The Kier molecular flexibility index (Phi) is 6.71. The van der Waals surface area contributed by atoms with E-state index in [1.54, 1.807) is 25.2 Å². The van der Waals surface area contributed by atoms with E-state index in [1.165, 1.54) is 15.9 Å². The van der Waals surface area contributed by atoms with Crippen molar-refractivity contribution in [3.63, 3.8) is 0 Å². The van der Waals surface area contributed by atoms with Crippen LogP contribution in [0, 0.1) is 5.92 Å². The molecule has 6 heteroatoms. The number of hydrogen-bond donors (Lipinski definition) is 1. The summed E-state index contributed by atoms with van der Waals surface area (Å²) >= 11 is 0. The number of carbonyl (C=O) groups excluding carboxylic acids is 2. The Morgan fingerprint density at radius 2 is 1.52 bits per heavy atom. The highest BCUT2D eigenvalue weighted by Crippen LogP contribution is 2.17. The number of carbonyl (C=O) groups is 3. The molecule has 27 heavy (non-hydrogen) atoms. The lowest BCUT2D eigenvalue weighted by Crippen LogP contribution is -2.38. The molecule has 0 aliphatic carbocycles. The average Bonchev–Trinajstić information content (AvgIpc) is 2.65. The highest BCUT2D eigenvalue weighted by Gasteiger charge is 2.21. The smallest absolute Gasteiger partial charge is 0.323 e. The van der Waals surface area contributed by atoms with Gasteiger partial charge in [0.05, 0.1) is 0 Å². The Morgan fingerprint density at radius 3 is 2.07 bits per heavy atom. The molecule has 0 atom stereocenters. The fraction of sp³-hybridized carbons (Fsp3) is 0.286. The van der Waals surface area contributed by atoms with Crippen molar-refractivity contribution in [2.75, 3.05) is 25.0 Å². The predicted octanol–water partition coefficient (Wildman–Crippen LogP) is 3.15. The van der Waals surface area contributed by atoms with Gasteiger partial charge in [-0.05, 0) is 36.2 Å². The molecule has 2 aromatic carbocycles. The number of benzene rings is 2. The topological polar surface area (TPSA) is 77.9 Å². The standard InChI is InChI=1S/C21H24N2O4/c1-15(2)13-23(14-19(24)25)21(27)17-9-7-8-16(12-17)20(26)22(3)18-10-5-4-6-11-18/h4-12,15H,13-14H2,1-3H3,(H,24,25). The van der Waals surface area contributed by atoms with Crippen LogP contribution >= 0.6 is 0 Å². The molecule has 142 valence electrons. The van der Waals surface area contributed by atoms with Crippen LogP contribution in [0.1, 0.15) is 34.6 Å². The zero-order valence-corrected chi connectivity index (χ0v) is 15.8. The maximum absolute atomic E-state index is 12.8. The average molecular weight is 368 g/mol. The Morgan fingerprint density at radius 1 is 0.926 bits per heavy atom. The van der Waals surface area contributed by atoms with Gasteiger partial charge in [0.2, 0.25) is 0 Å². The number of anilines is 1. The largest absolute Gasteiger partial charge is 0.480 e. The lowest BCUT2D eigenvalue weighted by Gasteiger charge is -2.23. The maximum atomic E-state index is 12.8. The van der Waals surface area contributed by atoms with Gasteiger partial charge in [0.15, 0.2) is 0 Å². The molecular weight excluding hydrogens is 344 g/mol. The summed E-state index contributed by atoms with van der Waals surface area (Å²) < 4.78 is 0. The van der Waals surface area contributed by atoms with Gasteiger partial charge in [0.1, 0.15) is 6.54 Å². The molecule has 0 aromatic heterocycles. The lowest BCUT2D eigenvalue weighted by molar-refractivity contribution is -0.137. The third-order valence-electron chi connectivity index (χ3n) is 4.00. The van der Waals surface area contributed by atoms with Crippen LogP contribution in [0.5, 0.6) is 0 Å². The Balaban J connectivity index is 2.26. The summed E-state index contributed by atoms with van der Waals surface area (Å²) in [6.07, 6.45) is 0. The molecular formula is C21H24N2O4. The van der Waals surface area contributed by atoms with E-state index in [0.717, 1.165) is 5.69 Å². The molecule has 0 heterocycles. The van der Waals surface area contributed by atoms with Crippen molar-refractivity contribution in [2.24, 2.45) is 5.92 Å². The van der Waals surface area contributed by atoms with Gasteiger partial charge in [0, 0.05) is 30.4 Å². The molecule has 0 bridgehead atoms. The van der Waals surface area contributed by atoms with Crippen LogP contribution < -0.4 is 4.90 Å². The summed E-state index contributed by atoms with van der Waals surface area (Å²) in [5.41, 5.74) is 1.41. The van der Waals surface area contributed by atoms with Gasteiger partial charge in [-0.2, -0.15) is 0 Å². The van der Waals surface area contributed by atoms with Gasteiger partial charge >= 0.3 is 5.97 Å². The molecule has 0 saturated heterocycles. The monoisotopic (exact) mass is 368 g/mol. The second-order valence-electron chi connectivity index (χ2n) is 6.75. The fourth-order valence-electron chi connectivity index (χ4n) is 2.75. The maximum Gasteiger partial charge on any atom is 0.323 e. The summed E-state index contributed by atoms with van der Waals surface area (Å²) in [7, 11) is 1.67. The number of para-hydroxylation sites is 1. The van der Waals surface area contributed by atoms with Crippen LogP contribution in [0.15, 0.2) is 54.6 Å². The molecule has 0 saturated carbocycles. The highest BCUT2D eigenvalue weighted by atomic mass is 16.4. The fourth-order valence-corrected chi connectivity index (χ4v) is 2.75. The normalized spacial score (nSPS) is 10.5. The van der Waals surface area contributed by atoms with E-state index in [2.05, 4.69) is 0 Å². The summed E-state index contributed by atoms with van der Waals surface area (Å²) in [6.45, 7) is 3.78. The zero-order valence-electron chi connectivity index (χ0n) is 15.8. The van der Waals surface area contributed by atoms with Crippen molar-refractivity contribution in [1.82, 2.24) is 4.90 Å². The van der Waals surface area contributed by atoms with Crippen molar-refractivity contribution in [3.05, 3.63) is 65.7 Å². The second kappa shape index (κ2) is 8.98. The molecule has 0 spiro atoms. The van der Waals surface area contributed by atoms with Crippen LogP contribution in [0.4, 0.5) is 5.69 Å². The predicted molar refractivity (Wildman–Crippen MR) is 104 cm³/mol. The first kappa shape index (κ1) is 20.2. The zero-order chi connectivity index (χ0) is 20.0.